The monoisotopic (exact) mass is 266 g/mol. The summed E-state index contributed by atoms with van der Waals surface area (Å²) in [6, 6.07) is -1.53. The van der Waals surface area contributed by atoms with E-state index >= 15 is 0 Å². The van der Waals surface area contributed by atoms with Gasteiger partial charge < -0.3 is 5.32 Å². The number of nitrogens with one attached hydrogen (secondary N) is 1. The number of thiazole rings is 1. The molecule has 0 spiro atoms. The van der Waals surface area contributed by atoms with Crippen LogP contribution in [0, 0.1) is 0 Å². The van der Waals surface area contributed by atoms with Crippen LogP contribution in [0.15, 0.2) is 5.38 Å². The lowest BCUT2D eigenvalue weighted by atomic mass is 9.93. The zero-order chi connectivity index (χ0) is 13.3. The maximum absolute atomic E-state index is 12.6. The molecular formula is C11H17F3N2S. The first-order chi connectivity index (χ1) is 7.64. The molecule has 0 aliphatic carbocycles. The second kappa shape index (κ2) is 4.94. The van der Waals surface area contributed by atoms with Crippen molar-refractivity contribution in [3.8, 4) is 0 Å². The lowest BCUT2D eigenvalue weighted by molar-refractivity contribution is -0.154. The van der Waals surface area contributed by atoms with Gasteiger partial charge in [-0.25, -0.2) is 4.98 Å². The molecular weight excluding hydrogens is 249 g/mol. The molecule has 0 aromatic carbocycles. The van der Waals surface area contributed by atoms with Crippen molar-refractivity contribution in [1.29, 1.82) is 0 Å². The molecule has 98 valence electrons. The highest BCUT2D eigenvalue weighted by Crippen LogP contribution is 2.27. The van der Waals surface area contributed by atoms with E-state index in [1.807, 2.05) is 26.2 Å². The molecule has 0 aliphatic rings. The molecule has 0 fully saturated rings. The molecule has 1 atom stereocenters. The zero-order valence-corrected chi connectivity index (χ0v) is 11.2. The zero-order valence-electron chi connectivity index (χ0n) is 10.4. The Bertz CT molecular complexity index is 366. The number of hydrogen-bond donors (Lipinski definition) is 1. The van der Waals surface area contributed by atoms with Gasteiger partial charge in [0, 0.05) is 17.2 Å². The summed E-state index contributed by atoms with van der Waals surface area (Å²) < 4.78 is 37.7. The normalized spacial score (nSPS) is 15.0. The lowest BCUT2D eigenvalue weighted by Gasteiger charge is -2.18. The molecule has 6 heteroatoms. The minimum atomic E-state index is -4.23. The molecule has 17 heavy (non-hydrogen) atoms. The summed E-state index contributed by atoms with van der Waals surface area (Å²) in [6.07, 6.45) is -4.34. The number of likely N-dealkylation sites (N-methyl/N-ethyl adjacent to an activating group) is 1. The topological polar surface area (TPSA) is 24.9 Å². The Labute approximate surface area is 103 Å². The molecule has 1 N–H and O–H groups in total. The second-order valence-corrected chi connectivity index (χ2v) is 5.91. The van der Waals surface area contributed by atoms with E-state index in [0.29, 0.717) is 5.01 Å². The number of aromatic nitrogens is 1. The van der Waals surface area contributed by atoms with Crippen LogP contribution in [0.25, 0.3) is 0 Å². The molecule has 0 radical (unpaired) electrons. The minimum absolute atomic E-state index is 0.110. The molecule has 2 nitrogen and oxygen atoms in total. The second-order valence-electron chi connectivity index (χ2n) is 4.96. The SMILES string of the molecule is CNC(Cc1nc(C(C)(C)C)cs1)C(F)(F)F. The third kappa shape index (κ3) is 3.96. The van der Waals surface area contributed by atoms with Gasteiger partial charge in [0.05, 0.1) is 10.7 Å². The summed E-state index contributed by atoms with van der Waals surface area (Å²) in [6.45, 7) is 5.97. The van der Waals surface area contributed by atoms with E-state index in [1.54, 1.807) is 0 Å². The third-order valence-electron chi connectivity index (χ3n) is 2.44. The molecule has 0 saturated heterocycles. The van der Waals surface area contributed by atoms with Crippen molar-refractivity contribution in [2.45, 2.75) is 44.8 Å². The fourth-order valence-corrected chi connectivity index (χ4v) is 2.37. The first-order valence-corrected chi connectivity index (χ1v) is 6.21. The predicted octanol–water partition coefficient (Wildman–Crippen LogP) is 3.13. The van der Waals surface area contributed by atoms with Crippen LogP contribution in [0.3, 0.4) is 0 Å². The summed E-state index contributed by atoms with van der Waals surface area (Å²) in [5.74, 6) is 0. The highest BCUT2D eigenvalue weighted by Gasteiger charge is 2.39. The maximum atomic E-state index is 12.6. The quantitative estimate of drug-likeness (QED) is 0.909. The molecule has 0 amide bonds. The van der Waals surface area contributed by atoms with Crippen molar-refractivity contribution in [3.05, 3.63) is 16.1 Å². The number of hydrogen-bond acceptors (Lipinski definition) is 3. The Morgan fingerprint density at radius 2 is 1.94 bits per heavy atom. The van der Waals surface area contributed by atoms with Crippen LogP contribution >= 0.6 is 11.3 Å². The Hall–Kier alpha value is -0.620. The molecule has 0 saturated carbocycles. The summed E-state index contributed by atoms with van der Waals surface area (Å²) in [5.41, 5.74) is 0.719. The van der Waals surface area contributed by atoms with Crippen LogP contribution < -0.4 is 5.32 Å². The van der Waals surface area contributed by atoms with E-state index in [-0.39, 0.29) is 11.8 Å². The van der Waals surface area contributed by atoms with Crippen LogP contribution in [-0.2, 0) is 11.8 Å². The molecule has 1 aromatic heterocycles. The molecule has 1 rings (SSSR count). The van der Waals surface area contributed by atoms with E-state index in [0.717, 1.165) is 5.69 Å². The van der Waals surface area contributed by atoms with Crippen molar-refractivity contribution < 1.29 is 13.2 Å². The number of halogens is 3. The summed E-state index contributed by atoms with van der Waals surface area (Å²) in [5, 5.41) is 4.63. The summed E-state index contributed by atoms with van der Waals surface area (Å²) in [4.78, 5) is 4.26. The van der Waals surface area contributed by atoms with Gasteiger partial charge >= 0.3 is 6.18 Å². The Kier molecular flexibility index (Phi) is 4.19. The summed E-state index contributed by atoms with van der Waals surface area (Å²) >= 11 is 1.29. The first kappa shape index (κ1) is 14.4. The molecule has 0 bridgehead atoms. The van der Waals surface area contributed by atoms with Crippen LogP contribution in [0.4, 0.5) is 13.2 Å². The van der Waals surface area contributed by atoms with Crippen molar-refractivity contribution in [2.24, 2.45) is 0 Å². The van der Waals surface area contributed by atoms with Crippen molar-refractivity contribution in [3.63, 3.8) is 0 Å². The minimum Gasteiger partial charge on any atom is -0.309 e. The van der Waals surface area contributed by atoms with Crippen molar-refractivity contribution in [2.75, 3.05) is 7.05 Å². The average molecular weight is 266 g/mol. The third-order valence-corrected chi connectivity index (χ3v) is 3.31. The van der Waals surface area contributed by atoms with E-state index in [9.17, 15) is 13.2 Å². The summed E-state index contributed by atoms with van der Waals surface area (Å²) in [7, 11) is 1.32. The highest BCUT2D eigenvalue weighted by atomic mass is 32.1. The van der Waals surface area contributed by atoms with Crippen molar-refractivity contribution >= 4 is 11.3 Å². The number of alkyl halides is 3. The van der Waals surface area contributed by atoms with E-state index in [1.165, 1.54) is 18.4 Å². The molecule has 1 aromatic rings. The van der Waals surface area contributed by atoms with Gasteiger partial charge in [-0.05, 0) is 7.05 Å². The van der Waals surface area contributed by atoms with E-state index in [2.05, 4.69) is 10.3 Å². The van der Waals surface area contributed by atoms with Gasteiger partial charge in [-0.15, -0.1) is 11.3 Å². The largest absolute Gasteiger partial charge is 0.404 e. The van der Waals surface area contributed by atoms with Crippen LogP contribution in [0.5, 0.6) is 0 Å². The van der Waals surface area contributed by atoms with E-state index < -0.39 is 12.2 Å². The van der Waals surface area contributed by atoms with Crippen LogP contribution in [0.1, 0.15) is 31.5 Å². The standard InChI is InChI=1S/C11H17F3N2S/c1-10(2,3)8-6-17-9(16-8)5-7(15-4)11(12,13)14/h6-7,15H,5H2,1-4H3. The Morgan fingerprint density at radius 3 is 2.29 bits per heavy atom. The van der Waals surface area contributed by atoms with Gasteiger partial charge in [-0.1, -0.05) is 20.8 Å². The van der Waals surface area contributed by atoms with Crippen molar-refractivity contribution in [1.82, 2.24) is 10.3 Å². The Balaban J connectivity index is 2.79. The fraction of sp³-hybridized carbons (Fsp3) is 0.727. The number of rotatable bonds is 3. The van der Waals surface area contributed by atoms with Gasteiger partial charge in [0.2, 0.25) is 0 Å². The smallest absolute Gasteiger partial charge is 0.309 e. The Morgan fingerprint density at radius 1 is 1.35 bits per heavy atom. The van der Waals surface area contributed by atoms with Gasteiger partial charge in [0.15, 0.2) is 0 Å². The molecule has 1 heterocycles. The van der Waals surface area contributed by atoms with E-state index in [4.69, 9.17) is 0 Å². The molecule has 0 aliphatic heterocycles. The maximum Gasteiger partial charge on any atom is 0.404 e. The average Bonchev–Trinajstić information content (AvgIpc) is 2.59. The first-order valence-electron chi connectivity index (χ1n) is 5.33. The number of nitrogens with zero attached hydrogens (tertiary/aromatic N) is 1. The van der Waals surface area contributed by atoms with Gasteiger partial charge in [0.25, 0.3) is 0 Å². The van der Waals surface area contributed by atoms with Gasteiger partial charge in [-0.3, -0.25) is 0 Å². The fourth-order valence-electron chi connectivity index (χ4n) is 1.31. The van der Waals surface area contributed by atoms with Gasteiger partial charge in [0.1, 0.15) is 6.04 Å². The van der Waals surface area contributed by atoms with Gasteiger partial charge in [-0.2, -0.15) is 13.2 Å². The predicted molar refractivity (Wildman–Crippen MR) is 63.4 cm³/mol. The van der Waals surface area contributed by atoms with Crippen LogP contribution in [-0.4, -0.2) is 24.2 Å². The molecule has 1 unspecified atom stereocenters. The van der Waals surface area contributed by atoms with Crippen LogP contribution in [0.2, 0.25) is 0 Å². The lowest BCUT2D eigenvalue weighted by Crippen LogP contribution is -2.41. The highest BCUT2D eigenvalue weighted by molar-refractivity contribution is 7.09.